The molecule has 27 heavy (non-hydrogen) atoms. The number of amides is 2. The summed E-state index contributed by atoms with van der Waals surface area (Å²) in [6.45, 7) is 1.82. The zero-order valence-corrected chi connectivity index (χ0v) is 16.2. The molecule has 1 unspecified atom stereocenters. The first-order valence-corrected chi connectivity index (χ1v) is 8.81. The van der Waals surface area contributed by atoms with Crippen molar-refractivity contribution in [2.45, 2.75) is 18.9 Å². The van der Waals surface area contributed by atoms with Gasteiger partial charge in [-0.2, -0.15) is 0 Å². The van der Waals surface area contributed by atoms with E-state index in [-0.39, 0.29) is 34.2 Å². The highest BCUT2D eigenvalue weighted by Gasteiger charge is 2.36. The molecule has 0 saturated heterocycles. The lowest BCUT2D eigenvalue weighted by atomic mass is 9.87. The number of aromatic nitrogens is 1. The van der Waals surface area contributed by atoms with Gasteiger partial charge < -0.3 is 11.1 Å². The number of carbonyl (C=O) groups is 2. The van der Waals surface area contributed by atoms with Crippen LogP contribution in [-0.4, -0.2) is 34.7 Å². The lowest BCUT2D eigenvalue weighted by Gasteiger charge is -2.33. The number of rotatable bonds is 3. The first kappa shape index (κ1) is 19.1. The topological polar surface area (TPSA) is 101 Å². The van der Waals surface area contributed by atoms with Gasteiger partial charge in [0.05, 0.1) is 17.0 Å². The van der Waals surface area contributed by atoms with Crippen LogP contribution < -0.4 is 11.1 Å². The van der Waals surface area contributed by atoms with Crippen LogP contribution >= 0.6 is 23.2 Å². The maximum Gasteiger partial charge on any atom is 0.275 e. The van der Waals surface area contributed by atoms with Crippen LogP contribution in [0, 0.1) is 0 Å². The average molecular weight is 406 g/mol. The lowest BCUT2D eigenvalue weighted by molar-refractivity contribution is -0.128. The fraction of sp³-hybridized carbons (Fsp3) is 0.222. The zero-order valence-electron chi connectivity index (χ0n) is 14.7. The van der Waals surface area contributed by atoms with E-state index in [0.717, 1.165) is 5.56 Å². The van der Waals surface area contributed by atoms with E-state index >= 15 is 0 Å². The van der Waals surface area contributed by atoms with Gasteiger partial charge in [0.15, 0.2) is 5.96 Å². The van der Waals surface area contributed by atoms with Crippen molar-refractivity contribution in [1.82, 2.24) is 9.88 Å². The first-order chi connectivity index (χ1) is 12.7. The molecule has 2 heterocycles. The van der Waals surface area contributed by atoms with Crippen molar-refractivity contribution in [1.29, 1.82) is 0 Å². The fourth-order valence-electron chi connectivity index (χ4n) is 2.77. The van der Waals surface area contributed by atoms with Gasteiger partial charge in [-0.05, 0) is 36.8 Å². The van der Waals surface area contributed by atoms with Crippen molar-refractivity contribution < 1.29 is 9.59 Å². The molecule has 1 aliphatic rings. The molecule has 2 aromatic rings. The van der Waals surface area contributed by atoms with Crippen LogP contribution in [0.3, 0.4) is 0 Å². The number of halogens is 2. The normalized spacial score (nSPS) is 19.6. The Bertz CT molecular complexity index is 963. The highest BCUT2D eigenvalue weighted by atomic mass is 35.5. The number of pyridine rings is 1. The minimum atomic E-state index is -0.819. The minimum Gasteiger partial charge on any atom is -0.369 e. The Morgan fingerprint density at radius 1 is 1.30 bits per heavy atom. The van der Waals surface area contributed by atoms with Gasteiger partial charge in [0.1, 0.15) is 10.8 Å². The number of benzene rings is 1. The minimum absolute atomic E-state index is 0.0255. The van der Waals surface area contributed by atoms with E-state index in [4.69, 9.17) is 28.9 Å². The first-order valence-electron chi connectivity index (χ1n) is 8.05. The van der Waals surface area contributed by atoms with Crippen LogP contribution in [-0.2, 0) is 10.3 Å². The molecular weight excluding hydrogens is 389 g/mol. The predicted octanol–water partition coefficient (Wildman–Crippen LogP) is 3.03. The summed E-state index contributed by atoms with van der Waals surface area (Å²) in [7, 11) is 1.58. The Balaban J connectivity index is 1.89. The fourth-order valence-corrected chi connectivity index (χ4v) is 3.11. The molecule has 140 valence electrons. The van der Waals surface area contributed by atoms with E-state index in [1.807, 2.05) is 13.0 Å². The number of aliphatic imine (C=N–C) groups is 1. The second kappa shape index (κ2) is 7.17. The molecule has 0 fully saturated rings. The standard InChI is InChI=1S/C18H17Cl2N5O2/c1-18(9-14(26)25(2)17(21)24-18)10-4-3-5-11(8-10)22-16(27)15-12(19)6-7-13(20)23-15/h3-8H,9H2,1-2H3,(H2,21,24)(H,22,27). The summed E-state index contributed by atoms with van der Waals surface area (Å²) in [5.74, 6) is -0.472. The maximum atomic E-state index is 12.5. The Labute approximate surface area is 166 Å². The number of nitrogens with two attached hydrogens (primary N) is 1. The molecule has 1 atom stereocenters. The number of anilines is 1. The molecule has 3 rings (SSSR count). The van der Waals surface area contributed by atoms with Crippen molar-refractivity contribution in [3.05, 3.63) is 57.8 Å². The van der Waals surface area contributed by atoms with Gasteiger partial charge in [0.25, 0.3) is 5.91 Å². The Morgan fingerprint density at radius 3 is 2.74 bits per heavy atom. The molecule has 0 spiro atoms. The highest BCUT2D eigenvalue weighted by molar-refractivity contribution is 6.35. The molecule has 1 aromatic heterocycles. The molecule has 2 amide bonds. The molecule has 9 heteroatoms. The number of nitrogens with zero attached hydrogens (tertiary/aromatic N) is 3. The number of hydrogen-bond acceptors (Lipinski definition) is 5. The molecule has 0 bridgehead atoms. The molecule has 1 aromatic carbocycles. The summed E-state index contributed by atoms with van der Waals surface area (Å²) in [5, 5.41) is 3.09. The van der Waals surface area contributed by atoms with Crippen LogP contribution in [0.4, 0.5) is 5.69 Å². The van der Waals surface area contributed by atoms with Gasteiger partial charge >= 0.3 is 0 Å². The molecule has 1 aliphatic heterocycles. The van der Waals surface area contributed by atoms with E-state index in [9.17, 15) is 9.59 Å². The summed E-state index contributed by atoms with van der Waals surface area (Å²) < 4.78 is 0. The quantitative estimate of drug-likeness (QED) is 0.766. The summed E-state index contributed by atoms with van der Waals surface area (Å²) in [5.41, 5.74) is 6.32. The molecule has 0 saturated carbocycles. The van der Waals surface area contributed by atoms with Crippen molar-refractivity contribution in [3.63, 3.8) is 0 Å². The Morgan fingerprint density at radius 2 is 2.04 bits per heavy atom. The molecule has 7 nitrogen and oxygen atoms in total. The summed E-state index contributed by atoms with van der Waals surface area (Å²) in [4.78, 5) is 34.4. The molecule has 0 radical (unpaired) electrons. The molecule has 0 aliphatic carbocycles. The maximum absolute atomic E-state index is 12.5. The van der Waals surface area contributed by atoms with Crippen LogP contribution in [0.2, 0.25) is 10.2 Å². The number of carbonyl (C=O) groups excluding carboxylic acids is 2. The molecular formula is C18H17Cl2N5O2. The van der Waals surface area contributed by atoms with Crippen LogP contribution in [0.15, 0.2) is 41.4 Å². The number of guanidine groups is 1. The van der Waals surface area contributed by atoms with E-state index in [2.05, 4.69) is 15.3 Å². The van der Waals surface area contributed by atoms with Crippen molar-refractivity contribution in [3.8, 4) is 0 Å². The van der Waals surface area contributed by atoms with Gasteiger partial charge in [-0.1, -0.05) is 35.3 Å². The van der Waals surface area contributed by atoms with Crippen LogP contribution in [0.25, 0.3) is 0 Å². The van der Waals surface area contributed by atoms with Gasteiger partial charge in [0, 0.05) is 12.7 Å². The Hall–Kier alpha value is -2.64. The predicted molar refractivity (Wildman–Crippen MR) is 105 cm³/mol. The molecule has 3 N–H and O–H groups in total. The summed E-state index contributed by atoms with van der Waals surface area (Å²) in [6.07, 6.45) is 0.170. The van der Waals surface area contributed by atoms with E-state index < -0.39 is 11.4 Å². The third-order valence-corrected chi connectivity index (χ3v) is 4.86. The van der Waals surface area contributed by atoms with Gasteiger partial charge in [0.2, 0.25) is 5.91 Å². The van der Waals surface area contributed by atoms with Crippen LogP contribution in [0.5, 0.6) is 0 Å². The summed E-state index contributed by atoms with van der Waals surface area (Å²) >= 11 is 11.9. The smallest absolute Gasteiger partial charge is 0.275 e. The highest BCUT2D eigenvalue weighted by Crippen LogP contribution is 2.34. The second-order valence-electron chi connectivity index (χ2n) is 6.37. The van der Waals surface area contributed by atoms with Gasteiger partial charge in [-0.25, -0.2) is 9.98 Å². The van der Waals surface area contributed by atoms with E-state index in [1.165, 1.54) is 17.0 Å². The van der Waals surface area contributed by atoms with Crippen molar-refractivity contribution in [2.24, 2.45) is 10.7 Å². The third kappa shape index (κ3) is 3.89. The van der Waals surface area contributed by atoms with Gasteiger partial charge in [-0.3, -0.25) is 14.5 Å². The Kier molecular flexibility index (Phi) is 5.08. The third-order valence-electron chi connectivity index (χ3n) is 4.34. The van der Waals surface area contributed by atoms with E-state index in [0.29, 0.717) is 5.69 Å². The van der Waals surface area contributed by atoms with Crippen molar-refractivity contribution >= 4 is 46.7 Å². The zero-order chi connectivity index (χ0) is 19.8. The van der Waals surface area contributed by atoms with Crippen LogP contribution in [0.1, 0.15) is 29.4 Å². The number of hydrogen-bond donors (Lipinski definition) is 2. The summed E-state index contributed by atoms with van der Waals surface area (Å²) in [6, 6.07) is 10.1. The lowest BCUT2D eigenvalue weighted by Crippen LogP contribution is -2.47. The van der Waals surface area contributed by atoms with Crippen molar-refractivity contribution in [2.75, 3.05) is 12.4 Å². The number of nitrogens with one attached hydrogen (secondary N) is 1. The SMILES string of the molecule is CN1C(=O)CC(C)(c2cccc(NC(=O)c3nc(Cl)ccc3Cl)c2)N=C1N. The second-order valence-corrected chi connectivity index (χ2v) is 7.17. The van der Waals surface area contributed by atoms with Gasteiger partial charge in [-0.15, -0.1) is 0 Å². The van der Waals surface area contributed by atoms with E-state index in [1.54, 1.807) is 25.2 Å². The largest absolute Gasteiger partial charge is 0.369 e. The average Bonchev–Trinajstić information content (AvgIpc) is 2.62. The monoisotopic (exact) mass is 405 g/mol.